The highest BCUT2D eigenvalue weighted by Crippen LogP contribution is 2.22. The van der Waals surface area contributed by atoms with Crippen LogP contribution in [0.15, 0.2) is 30.3 Å². The van der Waals surface area contributed by atoms with Gasteiger partial charge in [-0.3, -0.25) is 9.69 Å². The molecular weight excluding hydrogens is 212 g/mol. The fourth-order valence-corrected chi connectivity index (χ4v) is 2.42. The van der Waals surface area contributed by atoms with Crippen LogP contribution in [0.4, 0.5) is 0 Å². The van der Waals surface area contributed by atoms with E-state index < -0.39 is 0 Å². The smallest absolute Gasteiger partial charge is 0.151 e. The van der Waals surface area contributed by atoms with Gasteiger partial charge in [0.15, 0.2) is 5.78 Å². The van der Waals surface area contributed by atoms with Gasteiger partial charge < -0.3 is 4.90 Å². The maximum atomic E-state index is 11.9. The zero-order valence-electron chi connectivity index (χ0n) is 10.6. The van der Waals surface area contributed by atoms with Crippen LogP contribution in [0.3, 0.4) is 0 Å². The zero-order valence-corrected chi connectivity index (χ0v) is 10.6. The van der Waals surface area contributed by atoms with E-state index in [2.05, 4.69) is 16.8 Å². The lowest BCUT2D eigenvalue weighted by molar-refractivity contribution is -0.123. The van der Waals surface area contributed by atoms with Gasteiger partial charge in [0.05, 0.1) is 6.04 Å². The van der Waals surface area contributed by atoms with Crippen molar-refractivity contribution < 1.29 is 4.79 Å². The summed E-state index contributed by atoms with van der Waals surface area (Å²) in [4.78, 5) is 16.5. The van der Waals surface area contributed by atoms with Gasteiger partial charge in [-0.25, -0.2) is 0 Å². The Balaban J connectivity index is 2.16. The predicted molar refractivity (Wildman–Crippen MR) is 68.9 cm³/mol. The fraction of sp³-hybridized carbons (Fsp3) is 0.500. The Hall–Kier alpha value is -1.19. The van der Waals surface area contributed by atoms with Gasteiger partial charge in [-0.15, -0.1) is 0 Å². The van der Waals surface area contributed by atoms with Crippen molar-refractivity contribution >= 4 is 5.78 Å². The number of rotatable bonds is 3. The van der Waals surface area contributed by atoms with Gasteiger partial charge in [0.1, 0.15) is 0 Å². The van der Waals surface area contributed by atoms with Crippen molar-refractivity contribution in [2.45, 2.75) is 13.0 Å². The largest absolute Gasteiger partial charge is 0.304 e. The highest BCUT2D eigenvalue weighted by atomic mass is 16.1. The molecule has 1 aromatic carbocycles. The van der Waals surface area contributed by atoms with Crippen molar-refractivity contribution in [3.63, 3.8) is 0 Å². The second kappa shape index (κ2) is 5.43. The Bertz CT molecular complexity index is 369. The number of hydrogen-bond acceptors (Lipinski definition) is 3. The van der Waals surface area contributed by atoms with Crippen LogP contribution in [0.1, 0.15) is 18.5 Å². The van der Waals surface area contributed by atoms with Crippen LogP contribution < -0.4 is 0 Å². The molecule has 0 N–H and O–H groups in total. The van der Waals surface area contributed by atoms with Crippen molar-refractivity contribution in [1.29, 1.82) is 0 Å². The molecule has 0 amide bonds. The summed E-state index contributed by atoms with van der Waals surface area (Å²) in [5.41, 5.74) is 1.12. The summed E-state index contributed by atoms with van der Waals surface area (Å²) < 4.78 is 0. The van der Waals surface area contributed by atoms with Crippen LogP contribution in [0, 0.1) is 0 Å². The SMILES string of the molecule is CC(=O)[C@@H](c1ccccc1)N1CCN(C)CC1. The topological polar surface area (TPSA) is 23.6 Å². The average Bonchev–Trinajstić information content (AvgIpc) is 2.33. The van der Waals surface area contributed by atoms with Gasteiger partial charge in [0.2, 0.25) is 0 Å². The van der Waals surface area contributed by atoms with Crippen molar-refractivity contribution in [2.24, 2.45) is 0 Å². The first-order chi connectivity index (χ1) is 8.18. The number of nitrogens with zero attached hydrogens (tertiary/aromatic N) is 2. The van der Waals surface area contributed by atoms with Crippen LogP contribution >= 0.6 is 0 Å². The molecule has 92 valence electrons. The summed E-state index contributed by atoms with van der Waals surface area (Å²) in [7, 11) is 2.13. The van der Waals surface area contributed by atoms with E-state index in [0.29, 0.717) is 0 Å². The molecule has 0 saturated carbocycles. The number of likely N-dealkylation sites (N-methyl/N-ethyl adjacent to an activating group) is 1. The Morgan fingerprint density at radius 1 is 1.12 bits per heavy atom. The second-order valence-electron chi connectivity index (χ2n) is 4.76. The van der Waals surface area contributed by atoms with Gasteiger partial charge in [-0.1, -0.05) is 30.3 Å². The molecule has 1 aromatic rings. The van der Waals surface area contributed by atoms with Crippen LogP contribution in [-0.2, 0) is 4.79 Å². The van der Waals surface area contributed by atoms with Crippen molar-refractivity contribution in [3.05, 3.63) is 35.9 Å². The standard InChI is InChI=1S/C14H20N2O/c1-12(17)14(13-6-4-3-5-7-13)16-10-8-15(2)9-11-16/h3-7,14H,8-11H2,1-2H3/t14-/m0/s1. The molecule has 3 nitrogen and oxygen atoms in total. The number of Topliss-reactive ketones (excluding diaryl/α,β-unsaturated/α-hetero) is 1. The Kier molecular flexibility index (Phi) is 3.92. The minimum absolute atomic E-state index is 0.0649. The number of ketones is 1. The molecule has 17 heavy (non-hydrogen) atoms. The third-order valence-corrected chi connectivity index (χ3v) is 3.40. The van der Waals surface area contributed by atoms with E-state index in [-0.39, 0.29) is 11.8 Å². The molecule has 1 aliphatic rings. The zero-order chi connectivity index (χ0) is 12.3. The fourth-order valence-electron chi connectivity index (χ4n) is 2.42. The van der Waals surface area contributed by atoms with Gasteiger partial charge in [-0.05, 0) is 19.5 Å². The van der Waals surface area contributed by atoms with E-state index in [0.717, 1.165) is 31.7 Å². The van der Waals surface area contributed by atoms with Crippen molar-refractivity contribution in [2.75, 3.05) is 33.2 Å². The van der Waals surface area contributed by atoms with Crippen LogP contribution in [0.2, 0.25) is 0 Å². The van der Waals surface area contributed by atoms with Crippen molar-refractivity contribution in [1.82, 2.24) is 9.80 Å². The number of piperazine rings is 1. The van der Waals surface area contributed by atoms with E-state index in [1.54, 1.807) is 6.92 Å². The highest BCUT2D eigenvalue weighted by Gasteiger charge is 2.26. The van der Waals surface area contributed by atoms with E-state index in [1.165, 1.54) is 0 Å². The van der Waals surface area contributed by atoms with Gasteiger partial charge >= 0.3 is 0 Å². The molecular formula is C14H20N2O. The van der Waals surface area contributed by atoms with Crippen LogP contribution in [-0.4, -0.2) is 48.8 Å². The summed E-state index contributed by atoms with van der Waals surface area (Å²) in [6.45, 7) is 5.70. The van der Waals surface area contributed by atoms with E-state index in [4.69, 9.17) is 0 Å². The van der Waals surface area contributed by atoms with E-state index in [1.807, 2.05) is 30.3 Å². The maximum absolute atomic E-state index is 11.9. The number of benzene rings is 1. The normalized spacial score (nSPS) is 20.1. The molecule has 0 unspecified atom stereocenters. The molecule has 3 heteroatoms. The summed E-state index contributed by atoms with van der Waals surface area (Å²) in [5.74, 6) is 0.237. The highest BCUT2D eigenvalue weighted by molar-refractivity contribution is 5.82. The van der Waals surface area contributed by atoms with Gasteiger partial charge in [-0.2, -0.15) is 0 Å². The minimum Gasteiger partial charge on any atom is -0.304 e. The Morgan fingerprint density at radius 2 is 1.71 bits per heavy atom. The average molecular weight is 232 g/mol. The molecule has 2 rings (SSSR count). The van der Waals surface area contributed by atoms with E-state index in [9.17, 15) is 4.79 Å². The molecule has 1 aliphatic heterocycles. The Morgan fingerprint density at radius 3 is 2.24 bits per heavy atom. The molecule has 1 heterocycles. The van der Waals surface area contributed by atoms with E-state index >= 15 is 0 Å². The molecule has 0 spiro atoms. The maximum Gasteiger partial charge on any atom is 0.151 e. The quantitative estimate of drug-likeness (QED) is 0.790. The summed E-state index contributed by atoms with van der Waals surface area (Å²) in [6.07, 6.45) is 0. The predicted octanol–water partition coefficient (Wildman–Crippen LogP) is 1.56. The first-order valence-electron chi connectivity index (χ1n) is 6.16. The lowest BCUT2D eigenvalue weighted by Gasteiger charge is -2.37. The number of carbonyl (C=O) groups excluding carboxylic acids is 1. The molecule has 0 aromatic heterocycles. The summed E-state index contributed by atoms with van der Waals surface area (Å²) in [6, 6.07) is 10.0. The van der Waals surface area contributed by atoms with Crippen molar-refractivity contribution in [3.8, 4) is 0 Å². The third-order valence-electron chi connectivity index (χ3n) is 3.40. The number of carbonyl (C=O) groups is 1. The molecule has 0 bridgehead atoms. The monoisotopic (exact) mass is 232 g/mol. The molecule has 0 aliphatic carbocycles. The Labute approximate surface area is 103 Å². The second-order valence-corrected chi connectivity index (χ2v) is 4.76. The first kappa shape index (κ1) is 12.3. The molecule has 1 atom stereocenters. The van der Waals surface area contributed by atoms with Crippen LogP contribution in [0.5, 0.6) is 0 Å². The first-order valence-corrected chi connectivity index (χ1v) is 6.16. The number of hydrogen-bond donors (Lipinski definition) is 0. The van der Waals surface area contributed by atoms with Gasteiger partial charge in [0.25, 0.3) is 0 Å². The lowest BCUT2D eigenvalue weighted by atomic mass is 10.0. The third kappa shape index (κ3) is 2.93. The van der Waals surface area contributed by atoms with Crippen LogP contribution in [0.25, 0.3) is 0 Å². The summed E-state index contributed by atoms with van der Waals surface area (Å²) in [5, 5.41) is 0. The van der Waals surface area contributed by atoms with Gasteiger partial charge in [0, 0.05) is 26.2 Å². The minimum atomic E-state index is -0.0649. The summed E-state index contributed by atoms with van der Waals surface area (Å²) >= 11 is 0. The molecule has 1 saturated heterocycles. The molecule has 1 fully saturated rings. The lowest BCUT2D eigenvalue weighted by Crippen LogP contribution is -2.47. The molecule has 0 radical (unpaired) electrons.